The van der Waals surface area contributed by atoms with Gasteiger partial charge in [0.25, 0.3) is 5.19 Å². The third kappa shape index (κ3) is 2.84. The van der Waals surface area contributed by atoms with Gasteiger partial charge in [0.2, 0.25) is 5.16 Å². The zero-order valence-electron chi connectivity index (χ0n) is 7.81. The first-order chi connectivity index (χ1) is 7.28. The van der Waals surface area contributed by atoms with Crippen LogP contribution in [0.3, 0.4) is 0 Å². The molecule has 1 aromatic carbocycles. The fraction of sp³-hybridized carbons (Fsp3) is 0.111. The highest BCUT2D eigenvalue weighted by Gasteiger charge is 2.05. The van der Waals surface area contributed by atoms with Crippen LogP contribution in [0.2, 0.25) is 5.02 Å². The predicted octanol–water partition coefficient (Wildman–Crippen LogP) is 3.71. The Morgan fingerprint density at radius 1 is 1.47 bits per heavy atom. The average molecular weight is 259 g/mol. The van der Waals surface area contributed by atoms with Crippen LogP contribution in [0.25, 0.3) is 0 Å². The van der Waals surface area contributed by atoms with Gasteiger partial charge >= 0.3 is 0 Å². The van der Waals surface area contributed by atoms with Gasteiger partial charge in [-0.3, -0.25) is 0 Å². The molecule has 0 saturated heterocycles. The Morgan fingerprint density at radius 2 is 2.33 bits per heavy atom. The first-order valence-corrected chi connectivity index (χ1v) is 6.46. The molecule has 0 aliphatic carbocycles. The lowest BCUT2D eigenvalue weighted by atomic mass is 10.3. The largest absolute Gasteiger partial charge is 0.430 e. The number of hydrogen-bond acceptors (Lipinski definition) is 5. The summed E-state index contributed by atoms with van der Waals surface area (Å²) in [5.74, 6) is 0.673. The first kappa shape index (κ1) is 10.7. The number of halogens is 1. The molecule has 6 heteroatoms. The molecule has 3 nitrogen and oxygen atoms in total. The SMILES string of the molecule is CSc1nsc(Oc2cccc(Cl)c2)n1. The summed E-state index contributed by atoms with van der Waals surface area (Å²) in [6.45, 7) is 0. The van der Waals surface area contributed by atoms with Crippen LogP contribution < -0.4 is 4.74 Å². The molecule has 0 N–H and O–H groups in total. The molecule has 78 valence electrons. The molecule has 1 heterocycles. The van der Waals surface area contributed by atoms with Crippen LogP contribution >= 0.6 is 34.9 Å². The van der Waals surface area contributed by atoms with Gasteiger partial charge < -0.3 is 4.74 Å². The topological polar surface area (TPSA) is 35.0 Å². The van der Waals surface area contributed by atoms with Crippen LogP contribution in [0.5, 0.6) is 10.9 Å². The van der Waals surface area contributed by atoms with Crippen molar-refractivity contribution in [1.82, 2.24) is 9.36 Å². The zero-order valence-corrected chi connectivity index (χ0v) is 10.2. The number of aromatic nitrogens is 2. The molecule has 0 aliphatic heterocycles. The smallest absolute Gasteiger partial charge is 0.299 e. The van der Waals surface area contributed by atoms with E-state index < -0.39 is 0 Å². The van der Waals surface area contributed by atoms with Crippen molar-refractivity contribution >= 4 is 34.9 Å². The molecular formula is C9H7ClN2OS2. The maximum absolute atomic E-state index is 5.83. The monoisotopic (exact) mass is 258 g/mol. The van der Waals surface area contributed by atoms with E-state index in [9.17, 15) is 0 Å². The van der Waals surface area contributed by atoms with Crippen LogP contribution in [-0.2, 0) is 0 Å². The average Bonchev–Trinajstić information content (AvgIpc) is 2.65. The number of benzene rings is 1. The van der Waals surface area contributed by atoms with Gasteiger partial charge in [0.05, 0.1) is 0 Å². The highest BCUT2D eigenvalue weighted by atomic mass is 35.5. The Bertz CT molecular complexity index is 461. The molecule has 0 fully saturated rings. The van der Waals surface area contributed by atoms with Crippen LogP contribution in [-0.4, -0.2) is 15.6 Å². The fourth-order valence-corrected chi connectivity index (χ4v) is 2.23. The van der Waals surface area contributed by atoms with Crippen molar-refractivity contribution in [1.29, 1.82) is 0 Å². The molecule has 0 unspecified atom stereocenters. The molecular weight excluding hydrogens is 252 g/mol. The highest BCUT2D eigenvalue weighted by Crippen LogP contribution is 2.27. The molecule has 0 spiro atoms. The van der Waals surface area contributed by atoms with Crippen molar-refractivity contribution in [2.75, 3.05) is 6.26 Å². The van der Waals surface area contributed by atoms with Gasteiger partial charge in [0.15, 0.2) is 0 Å². The lowest BCUT2D eigenvalue weighted by molar-refractivity contribution is 0.475. The summed E-state index contributed by atoms with van der Waals surface area (Å²) in [4.78, 5) is 4.16. The first-order valence-electron chi connectivity index (χ1n) is 4.09. The van der Waals surface area contributed by atoms with E-state index in [4.69, 9.17) is 16.3 Å². The maximum atomic E-state index is 5.83. The predicted molar refractivity (Wildman–Crippen MR) is 63.2 cm³/mol. The standard InChI is InChI=1S/C9H7ClN2OS2/c1-14-8-11-9(15-12-8)13-7-4-2-3-6(10)5-7/h2-5H,1H3. The molecule has 1 aromatic heterocycles. The van der Waals surface area contributed by atoms with Crippen molar-refractivity contribution < 1.29 is 4.74 Å². The third-order valence-corrected chi connectivity index (χ3v) is 3.07. The van der Waals surface area contributed by atoms with Gasteiger partial charge in [0, 0.05) is 16.6 Å². The quantitative estimate of drug-likeness (QED) is 0.787. The minimum absolute atomic E-state index is 0.529. The Kier molecular flexibility index (Phi) is 3.45. The van der Waals surface area contributed by atoms with Crippen LogP contribution in [0.1, 0.15) is 0 Å². The number of ether oxygens (including phenoxy) is 1. The number of nitrogens with zero attached hydrogens (tertiary/aromatic N) is 2. The molecule has 0 radical (unpaired) electrons. The summed E-state index contributed by atoms with van der Waals surface area (Å²) in [5.41, 5.74) is 0. The van der Waals surface area contributed by atoms with E-state index >= 15 is 0 Å². The molecule has 0 atom stereocenters. The van der Waals surface area contributed by atoms with Crippen LogP contribution in [0.4, 0.5) is 0 Å². The third-order valence-electron chi connectivity index (χ3n) is 1.57. The van der Waals surface area contributed by atoms with E-state index in [0.29, 0.717) is 16.0 Å². The number of hydrogen-bond donors (Lipinski definition) is 0. The second kappa shape index (κ2) is 4.83. The number of rotatable bonds is 3. The van der Waals surface area contributed by atoms with Gasteiger partial charge in [-0.1, -0.05) is 29.4 Å². The minimum atomic E-state index is 0.529. The van der Waals surface area contributed by atoms with Crippen LogP contribution in [0, 0.1) is 0 Å². The van der Waals surface area contributed by atoms with Gasteiger partial charge in [-0.2, -0.15) is 9.36 Å². The minimum Gasteiger partial charge on any atom is -0.430 e. The molecule has 0 aliphatic rings. The lowest BCUT2D eigenvalue weighted by Gasteiger charge is -1.99. The molecule has 0 amide bonds. The van der Waals surface area contributed by atoms with Gasteiger partial charge in [-0.15, -0.1) is 0 Å². The lowest BCUT2D eigenvalue weighted by Crippen LogP contribution is -1.82. The van der Waals surface area contributed by atoms with E-state index in [-0.39, 0.29) is 0 Å². The van der Waals surface area contributed by atoms with Gasteiger partial charge in [-0.05, 0) is 24.5 Å². The van der Waals surface area contributed by atoms with Crippen LogP contribution in [0.15, 0.2) is 29.4 Å². The summed E-state index contributed by atoms with van der Waals surface area (Å²) in [5, 5.41) is 1.89. The van der Waals surface area contributed by atoms with Crippen molar-refractivity contribution in [3.63, 3.8) is 0 Å². The van der Waals surface area contributed by atoms with E-state index in [1.54, 1.807) is 12.1 Å². The summed E-state index contributed by atoms with van der Waals surface area (Å²) in [6, 6.07) is 7.18. The molecule has 15 heavy (non-hydrogen) atoms. The van der Waals surface area contributed by atoms with Crippen molar-refractivity contribution in [2.24, 2.45) is 0 Å². The number of thioether (sulfide) groups is 1. The second-order valence-electron chi connectivity index (χ2n) is 2.61. The summed E-state index contributed by atoms with van der Waals surface area (Å²) >= 11 is 8.54. The molecule has 0 saturated carbocycles. The maximum Gasteiger partial charge on any atom is 0.299 e. The van der Waals surface area contributed by atoms with Crippen molar-refractivity contribution in [2.45, 2.75) is 5.16 Å². The summed E-state index contributed by atoms with van der Waals surface area (Å²) < 4.78 is 9.58. The van der Waals surface area contributed by atoms with E-state index in [1.807, 2.05) is 18.4 Å². The summed E-state index contributed by atoms with van der Waals surface area (Å²) in [6.07, 6.45) is 1.92. The Hall–Kier alpha value is -0.780. The molecule has 0 bridgehead atoms. The Labute approximate surface area is 101 Å². The molecule has 2 aromatic rings. The van der Waals surface area contributed by atoms with E-state index in [1.165, 1.54) is 23.3 Å². The van der Waals surface area contributed by atoms with Gasteiger partial charge in [0.1, 0.15) is 5.75 Å². The zero-order chi connectivity index (χ0) is 10.7. The van der Waals surface area contributed by atoms with Gasteiger partial charge in [-0.25, -0.2) is 0 Å². The normalized spacial score (nSPS) is 10.3. The molecule has 2 rings (SSSR count). The van der Waals surface area contributed by atoms with E-state index in [0.717, 1.165) is 5.16 Å². The Balaban J connectivity index is 2.14. The van der Waals surface area contributed by atoms with Crippen molar-refractivity contribution in [3.8, 4) is 10.9 Å². The fourth-order valence-electron chi connectivity index (χ4n) is 0.953. The highest BCUT2D eigenvalue weighted by molar-refractivity contribution is 7.98. The summed E-state index contributed by atoms with van der Waals surface area (Å²) in [7, 11) is 0. The Morgan fingerprint density at radius 3 is 3.00 bits per heavy atom. The van der Waals surface area contributed by atoms with Crippen molar-refractivity contribution in [3.05, 3.63) is 29.3 Å². The van der Waals surface area contributed by atoms with E-state index in [2.05, 4.69) is 9.36 Å². The second-order valence-corrected chi connectivity index (χ2v) is 4.53.